The number of benzene rings is 2. The molecule has 26 heavy (non-hydrogen) atoms. The van der Waals surface area contributed by atoms with Crippen LogP contribution in [0.3, 0.4) is 0 Å². The van der Waals surface area contributed by atoms with Crippen molar-refractivity contribution in [3.8, 4) is 11.5 Å². The van der Waals surface area contributed by atoms with E-state index in [0.717, 1.165) is 0 Å². The van der Waals surface area contributed by atoms with E-state index in [-0.39, 0.29) is 11.5 Å². The van der Waals surface area contributed by atoms with Crippen molar-refractivity contribution in [2.75, 3.05) is 0 Å². The fourth-order valence-corrected chi connectivity index (χ4v) is 4.69. The van der Waals surface area contributed by atoms with Gasteiger partial charge in [0.1, 0.15) is 11.5 Å². The van der Waals surface area contributed by atoms with Gasteiger partial charge < -0.3 is 13.7 Å². The number of carbonyl (C=O) groups excluding carboxylic acids is 2. The number of hydrogen-bond donors (Lipinski definition) is 4. The summed E-state index contributed by atoms with van der Waals surface area (Å²) in [5.74, 6) is -1.59. The molecule has 0 saturated carbocycles. The minimum absolute atomic E-state index is 0.0150. The fourth-order valence-electron chi connectivity index (χ4n) is 1.80. The van der Waals surface area contributed by atoms with Gasteiger partial charge in [-0.3, -0.25) is 9.59 Å². The Kier molecular flexibility index (Phi) is 7.15. The van der Waals surface area contributed by atoms with Crippen molar-refractivity contribution in [1.82, 2.24) is 8.96 Å². The lowest BCUT2D eigenvalue weighted by atomic mass is 10.2. The molecule has 0 spiro atoms. The number of hydrazone groups is 1. The molecule has 0 unspecified atom stereocenters. The van der Waals surface area contributed by atoms with Gasteiger partial charge in [0.2, 0.25) is 0 Å². The third-order valence-corrected chi connectivity index (χ3v) is 6.91. The van der Waals surface area contributed by atoms with Crippen molar-refractivity contribution < 1.29 is 19.8 Å². The number of amides is 2. The largest absolute Gasteiger partial charge is 0.507 e. The lowest BCUT2D eigenvalue weighted by molar-refractivity contribution is -0.137. The topological polar surface area (TPSA) is 111 Å². The Morgan fingerprint density at radius 2 is 1.54 bits per heavy atom. The van der Waals surface area contributed by atoms with Crippen molar-refractivity contribution in [2.45, 2.75) is 6.92 Å². The highest BCUT2D eigenvalue weighted by molar-refractivity contribution is 14.2. The third kappa shape index (κ3) is 5.59. The molecule has 0 aromatic heterocycles. The Hall–Kier alpha value is -2.88. The van der Waals surface area contributed by atoms with Gasteiger partial charge in [-0.2, -0.15) is 5.10 Å². The number of halogens is 1. The minimum Gasteiger partial charge on any atom is -0.507 e. The van der Waals surface area contributed by atoms with Crippen LogP contribution in [0.15, 0.2) is 53.6 Å². The maximum absolute atomic E-state index is 12.0. The second-order valence-corrected chi connectivity index (χ2v) is 9.28. The van der Waals surface area contributed by atoms with Gasteiger partial charge in [-0.15, -0.1) is 0 Å². The summed E-state index contributed by atoms with van der Waals surface area (Å²) in [4.78, 5) is 23.8. The molecule has 0 bridgehead atoms. The quantitative estimate of drug-likeness (QED) is 0.181. The first kappa shape index (κ1) is 19.4. The summed E-state index contributed by atoms with van der Waals surface area (Å²) in [6, 6.07) is 13.2. The Labute approximate surface area is 157 Å². The van der Waals surface area contributed by atoms with Crippen LogP contribution < -0.4 is 8.96 Å². The molecule has 0 radical (unpaired) electrons. The smallest absolute Gasteiger partial charge is 0.330 e. The molecule has 0 aliphatic heterocycles. The molecule has 2 rings (SSSR count). The molecule has 2 amide bonds. The van der Waals surface area contributed by atoms with E-state index in [1.165, 1.54) is 12.3 Å². The van der Waals surface area contributed by atoms with Crippen molar-refractivity contribution >= 4 is 45.2 Å². The molecule has 0 aliphatic carbocycles. The number of nitrogens with one attached hydrogen (secondary N) is 2. The highest BCUT2D eigenvalue weighted by atomic mass is 127. The van der Waals surface area contributed by atoms with Crippen LogP contribution in [-0.4, -0.2) is 36.3 Å². The zero-order valence-electron chi connectivity index (χ0n) is 13.9. The van der Waals surface area contributed by atoms with Crippen LogP contribution in [0, 0.1) is 0 Å². The van der Waals surface area contributed by atoms with Crippen LogP contribution >= 0.6 is 19.1 Å². The average molecular weight is 467 g/mol. The Bertz CT molecular complexity index is 932. The molecule has 0 aliphatic rings. The van der Waals surface area contributed by atoms with Crippen LogP contribution in [0.25, 0.3) is 0 Å². The van der Waals surface area contributed by atoms with E-state index in [4.69, 9.17) is 0 Å². The highest BCUT2D eigenvalue weighted by Gasteiger charge is 2.11. The molecule has 0 fully saturated rings. The number of nitrogens with zero attached hydrogens (tertiary/aromatic N) is 1. The predicted octanol–water partition coefficient (Wildman–Crippen LogP) is 1.76. The van der Waals surface area contributed by atoms with Gasteiger partial charge in [0.15, 0.2) is 0 Å². The molecule has 136 valence electrons. The summed E-state index contributed by atoms with van der Waals surface area (Å²) in [5.41, 5.74) is 3.14. The van der Waals surface area contributed by atoms with E-state index >= 15 is 0 Å². The summed E-state index contributed by atoms with van der Waals surface area (Å²) in [5, 5.41) is 23.1. The van der Waals surface area contributed by atoms with E-state index in [1.54, 1.807) is 53.4 Å². The van der Waals surface area contributed by atoms with Gasteiger partial charge >= 0.3 is 11.8 Å². The average Bonchev–Trinajstić information content (AvgIpc) is 2.64. The number of hydrogen-bond acceptors (Lipinski definition) is 5. The van der Waals surface area contributed by atoms with Crippen LogP contribution in [0.4, 0.5) is 0 Å². The maximum Gasteiger partial charge on any atom is 0.330 e. The van der Waals surface area contributed by atoms with Crippen LogP contribution in [-0.2, 0) is 9.59 Å². The third-order valence-electron chi connectivity index (χ3n) is 3.11. The number of phenolic OH excluding ortho intramolecular Hbond substituents is 2. The fraction of sp³-hybridized carbons (Fsp3) is 0.0556. The van der Waals surface area contributed by atoms with E-state index in [0.29, 0.717) is 11.1 Å². The molecule has 2 aromatic carbocycles. The first-order valence-corrected chi connectivity index (χ1v) is 11.1. The number of phenols is 2. The molecule has 0 saturated heterocycles. The predicted molar refractivity (Wildman–Crippen MR) is 111 cm³/mol. The van der Waals surface area contributed by atoms with Crippen molar-refractivity contribution in [3.63, 3.8) is 0 Å². The van der Waals surface area contributed by atoms with Gasteiger partial charge in [-0.05, 0) is 33.1 Å². The van der Waals surface area contributed by atoms with Crippen molar-refractivity contribution in [2.24, 2.45) is 5.10 Å². The van der Waals surface area contributed by atoms with Crippen LogP contribution in [0.2, 0.25) is 0 Å². The standard InChI is InChI=1S/C18H18IN3O4/c1-2-19(11-13-7-3-5-9-15(13)23)21-17(25)18(26)22-20-12-14-8-4-6-10-16(14)24/h2-12,23-24H,1H3,(H,21,25)(H,22,26)/b20-12+. The number of para-hydroxylation sites is 2. The lowest BCUT2D eigenvalue weighted by Crippen LogP contribution is -2.34. The molecule has 4 N–H and O–H groups in total. The minimum atomic E-state index is -2.24. The maximum atomic E-state index is 12.0. The summed E-state index contributed by atoms with van der Waals surface area (Å²) < 4.78 is 6.26. The summed E-state index contributed by atoms with van der Waals surface area (Å²) in [6.07, 6.45) is 1.25. The van der Waals surface area contributed by atoms with Crippen LogP contribution in [0.1, 0.15) is 18.1 Å². The Morgan fingerprint density at radius 3 is 2.12 bits per heavy atom. The summed E-state index contributed by atoms with van der Waals surface area (Å²) in [7, 11) is 0. The second-order valence-electron chi connectivity index (χ2n) is 4.91. The normalized spacial score (nSPS) is 12.2. The SMILES string of the molecule is C/C=I(=C\c1ccccc1O)/NC(=O)C(=O)N/N=C/c1ccccc1O. The van der Waals surface area contributed by atoms with Crippen molar-refractivity contribution in [3.05, 3.63) is 59.7 Å². The first-order chi connectivity index (χ1) is 12.5. The molecular formula is C18H18IN3O4. The lowest BCUT2D eigenvalue weighted by Gasteiger charge is -2.03. The number of carbonyl (C=O) groups is 2. The van der Waals surface area contributed by atoms with E-state index in [9.17, 15) is 19.8 Å². The highest BCUT2D eigenvalue weighted by Crippen LogP contribution is 2.16. The Morgan fingerprint density at radius 1 is 0.962 bits per heavy atom. The van der Waals surface area contributed by atoms with Gasteiger partial charge in [-0.25, -0.2) is 5.43 Å². The van der Waals surface area contributed by atoms with Gasteiger partial charge in [0, 0.05) is 11.1 Å². The molecular weight excluding hydrogens is 449 g/mol. The zero-order valence-corrected chi connectivity index (χ0v) is 16.0. The van der Waals surface area contributed by atoms with E-state index < -0.39 is 31.0 Å². The van der Waals surface area contributed by atoms with Gasteiger partial charge in [-0.1, -0.05) is 49.5 Å². The zero-order chi connectivity index (χ0) is 18.9. The van der Waals surface area contributed by atoms with Crippen molar-refractivity contribution in [1.29, 1.82) is 0 Å². The van der Waals surface area contributed by atoms with Crippen LogP contribution in [0.5, 0.6) is 11.5 Å². The number of aromatic hydroxyl groups is 2. The summed E-state index contributed by atoms with van der Waals surface area (Å²) >= 11 is -2.24. The molecule has 8 heteroatoms. The molecule has 2 aromatic rings. The van der Waals surface area contributed by atoms with Gasteiger partial charge in [0.25, 0.3) is 0 Å². The number of rotatable bonds is 4. The molecule has 7 nitrogen and oxygen atoms in total. The second kappa shape index (κ2) is 9.56. The van der Waals surface area contributed by atoms with E-state index in [2.05, 4.69) is 14.1 Å². The Balaban J connectivity index is 2.01. The monoisotopic (exact) mass is 467 g/mol. The summed E-state index contributed by atoms with van der Waals surface area (Å²) in [6.45, 7) is 1.79. The first-order valence-electron chi connectivity index (χ1n) is 7.52. The molecule has 0 atom stereocenters. The van der Waals surface area contributed by atoms with Gasteiger partial charge in [0.05, 0.1) is 6.21 Å². The molecule has 0 heterocycles. The van der Waals surface area contributed by atoms with E-state index in [1.807, 2.05) is 4.01 Å².